The maximum Gasteiger partial charge on any atom is 0.224 e. The smallest absolute Gasteiger partial charge is 0.224 e. The number of aromatic amines is 1. The van der Waals surface area contributed by atoms with Crippen molar-refractivity contribution in [1.29, 1.82) is 0 Å². The molecule has 1 aromatic heterocycles. The Morgan fingerprint density at radius 2 is 1.94 bits per heavy atom. The van der Waals surface area contributed by atoms with Gasteiger partial charge in [-0.1, -0.05) is 25.7 Å². The molecule has 3 nitrogen and oxygen atoms in total. The van der Waals surface area contributed by atoms with Crippen LogP contribution in [0.2, 0.25) is 0 Å². The minimum absolute atomic E-state index is 0.170. The van der Waals surface area contributed by atoms with E-state index in [1.165, 1.54) is 25.7 Å². The predicted molar refractivity (Wildman–Crippen MR) is 73.6 cm³/mol. The third-order valence-corrected chi connectivity index (χ3v) is 3.83. The third kappa shape index (κ3) is 3.62. The predicted octanol–water partition coefficient (Wildman–Crippen LogP) is 3.01. The first-order valence-corrected chi connectivity index (χ1v) is 7.09. The van der Waals surface area contributed by atoms with Gasteiger partial charge in [0.15, 0.2) is 0 Å². The van der Waals surface area contributed by atoms with Crippen molar-refractivity contribution in [2.45, 2.75) is 64.8 Å². The van der Waals surface area contributed by atoms with Crippen LogP contribution >= 0.6 is 0 Å². The number of carbonyl (C=O) groups excluding carboxylic acids is 1. The first-order valence-electron chi connectivity index (χ1n) is 7.09. The van der Waals surface area contributed by atoms with Crippen molar-refractivity contribution in [2.75, 3.05) is 0 Å². The molecule has 0 radical (unpaired) electrons. The molecule has 1 aromatic rings. The number of hydrogen-bond acceptors (Lipinski definition) is 1. The Hall–Kier alpha value is -1.25. The molecule has 1 aliphatic carbocycles. The molecule has 1 amide bonds. The molecule has 1 saturated carbocycles. The van der Waals surface area contributed by atoms with Crippen LogP contribution in [0.15, 0.2) is 6.07 Å². The zero-order chi connectivity index (χ0) is 13.0. The van der Waals surface area contributed by atoms with Gasteiger partial charge in [0, 0.05) is 17.4 Å². The van der Waals surface area contributed by atoms with E-state index in [1.807, 2.05) is 13.8 Å². The molecular formula is C15H24N2O. The highest BCUT2D eigenvalue weighted by atomic mass is 16.1. The lowest BCUT2D eigenvalue weighted by atomic mass is 10.1. The van der Waals surface area contributed by atoms with E-state index >= 15 is 0 Å². The molecule has 0 atom stereocenters. The van der Waals surface area contributed by atoms with Crippen LogP contribution < -0.4 is 5.32 Å². The summed E-state index contributed by atoms with van der Waals surface area (Å²) in [6.07, 6.45) is 7.96. The SMILES string of the molecule is Cc1cc(CC(=O)NC2CCCCCC2)c(C)[nH]1. The lowest BCUT2D eigenvalue weighted by molar-refractivity contribution is -0.121. The van der Waals surface area contributed by atoms with E-state index in [0.717, 1.165) is 29.8 Å². The molecule has 1 heterocycles. The standard InChI is InChI=1S/C15H24N2O/c1-11-9-13(12(2)16-11)10-15(18)17-14-7-5-3-4-6-8-14/h9,14,16H,3-8,10H2,1-2H3,(H,17,18). The normalized spacial score (nSPS) is 17.4. The monoisotopic (exact) mass is 248 g/mol. The Morgan fingerprint density at radius 3 is 2.50 bits per heavy atom. The van der Waals surface area contributed by atoms with Gasteiger partial charge in [0.1, 0.15) is 0 Å². The summed E-state index contributed by atoms with van der Waals surface area (Å²) in [7, 11) is 0. The van der Waals surface area contributed by atoms with Gasteiger partial charge in [-0.15, -0.1) is 0 Å². The number of H-pyrrole nitrogens is 1. The highest BCUT2D eigenvalue weighted by Gasteiger charge is 2.15. The Morgan fingerprint density at radius 1 is 1.28 bits per heavy atom. The second-order valence-corrected chi connectivity index (χ2v) is 5.54. The quantitative estimate of drug-likeness (QED) is 0.793. The Bertz CT molecular complexity index is 401. The van der Waals surface area contributed by atoms with Gasteiger partial charge in [-0.2, -0.15) is 0 Å². The molecule has 0 unspecified atom stereocenters. The van der Waals surface area contributed by atoms with Crippen LogP contribution in [-0.4, -0.2) is 16.9 Å². The number of hydrogen-bond donors (Lipinski definition) is 2. The maximum atomic E-state index is 12.0. The molecule has 0 bridgehead atoms. The van der Waals surface area contributed by atoms with Crippen molar-refractivity contribution in [1.82, 2.24) is 10.3 Å². The summed E-state index contributed by atoms with van der Waals surface area (Å²) in [6, 6.07) is 2.47. The van der Waals surface area contributed by atoms with Crippen molar-refractivity contribution >= 4 is 5.91 Å². The molecule has 2 N–H and O–H groups in total. The first-order chi connectivity index (χ1) is 8.65. The minimum Gasteiger partial charge on any atom is -0.362 e. The van der Waals surface area contributed by atoms with Gasteiger partial charge in [-0.05, 0) is 38.3 Å². The average molecular weight is 248 g/mol. The van der Waals surface area contributed by atoms with Crippen LogP contribution in [0, 0.1) is 13.8 Å². The molecule has 1 fully saturated rings. The second-order valence-electron chi connectivity index (χ2n) is 5.54. The summed E-state index contributed by atoms with van der Waals surface area (Å²) in [5.74, 6) is 0.170. The van der Waals surface area contributed by atoms with Gasteiger partial charge < -0.3 is 10.3 Å². The van der Waals surface area contributed by atoms with E-state index in [1.54, 1.807) is 0 Å². The molecule has 2 rings (SSSR count). The highest BCUT2D eigenvalue weighted by molar-refractivity contribution is 5.79. The zero-order valence-electron chi connectivity index (χ0n) is 11.5. The minimum atomic E-state index is 0.170. The number of amides is 1. The molecule has 1 aliphatic rings. The highest BCUT2D eigenvalue weighted by Crippen LogP contribution is 2.17. The third-order valence-electron chi connectivity index (χ3n) is 3.83. The van der Waals surface area contributed by atoms with Crippen molar-refractivity contribution in [3.63, 3.8) is 0 Å². The summed E-state index contributed by atoms with van der Waals surface area (Å²) >= 11 is 0. The largest absolute Gasteiger partial charge is 0.362 e. The lowest BCUT2D eigenvalue weighted by Crippen LogP contribution is -2.35. The number of nitrogens with one attached hydrogen (secondary N) is 2. The van der Waals surface area contributed by atoms with Gasteiger partial charge in [0.25, 0.3) is 0 Å². The summed E-state index contributed by atoms with van der Waals surface area (Å²) in [5, 5.41) is 3.19. The number of aromatic nitrogens is 1. The summed E-state index contributed by atoms with van der Waals surface area (Å²) in [6.45, 7) is 4.06. The van der Waals surface area contributed by atoms with Gasteiger partial charge >= 0.3 is 0 Å². The van der Waals surface area contributed by atoms with Crippen LogP contribution in [0.5, 0.6) is 0 Å². The zero-order valence-corrected chi connectivity index (χ0v) is 11.5. The fraction of sp³-hybridized carbons (Fsp3) is 0.667. The topological polar surface area (TPSA) is 44.9 Å². The van der Waals surface area contributed by atoms with E-state index in [0.29, 0.717) is 12.5 Å². The molecule has 0 aromatic carbocycles. The van der Waals surface area contributed by atoms with Crippen LogP contribution in [0.4, 0.5) is 0 Å². The molecule has 0 aliphatic heterocycles. The number of rotatable bonds is 3. The Balaban J connectivity index is 1.86. The van der Waals surface area contributed by atoms with E-state index in [9.17, 15) is 4.79 Å². The molecule has 0 saturated heterocycles. The van der Waals surface area contributed by atoms with Crippen LogP contribution in [0.3, 0.4) is 0 Å². The lowest BCUT2D eigenvalue weighted by Gasteiger charge is -2.16. The van der Waals surface area contributed by atoms with E-state index in [-0.39, 0.29) is 5.91 Å². The van der Waals surface area contributed by atoms with E-state index in [4.69, 9.17) is 0 Å². The molecule has 18 heavy (non-hydrogen) atoms. The van der Waals surface area contributed by atoms with Gasteiger partial charge in [0.2, 0.25) is 5.91 Å². The molecular weight excluding hydrogens is 224 g/mol. The maximum absolute atomic E-state index is 12.0. The number of carbonyl (C=O) groups is 1. The van der Waals surface area contributed by atoms with Crippen LogP contribution in [0.1, 0.15) is 55.5 Å². The van der Waals surface area contributed by atoms with Crippen molar-refractivity contribution in [3.05, 3.63) is 23.0 Å². The van der Waals surface area contributed by atoms with E-state index < -0.39 is 0 Å². The fourth-order valence-electron chi connectivity index (χ4n) is 2.84. The summed E-state index contributed by atoms with van der Waals surface area (Å²) < 4.78 is 0. The average Bonchev–Trinajstić information content (AvgIpc) is 2.54. The van der Waals surface area contributed by atoms with Crippen molar-refractivity contribution < 1.29 is 4.79 Å². The summed E-state index contributed by atoms with van der Waals surface area (Å²) in [4.78, 5) is 15.3. The molecule has 0 spiro atoms. The molecule has 100 valence electrons. The Kier molecular flexibility index (Phi) is 4.45. The summed E-state index contributed by atoms with van der Waals surface area (Å²) in [5.41, 5.74) is 3.37. The first kappa shape index (κ1) is 13.2. The van der Waals surface area contributed by atoms with Crippen LogP contribution in [-0.2, 0) is 11.2 Å². The van der Waals surface area contributed by atoms with Crippen molar-refractivity contribution in [2.24, 2.45) is 0 Å². The van der Waals surface area contributed by atoms with Gasteiger partial charge in [0.05, 0.1) is 6.42 Å². The van der Waals surface area contributed by atoms with Crippen LogP contribution in [0.25, 0.3) is 0 Å². The van der Waals surface area contributed by atoms with Crippen molar-refractivity contribution in [3.8, 4) is 0 Å². The van der Waals surface area contributed by atoms with E-state index in [2.05, 4.69) is 16.4 Å². The molecule has 3 heteroatoms. The van der Waals surface area contributed by atoms with Gasteiger partial charge in [-0.3, -0.25) is 4.79 Å². The van der Waals surface area contributed by atoms with Gasteiger partial charge in [-0.25, -0.2) is 0 Å². The fourth-order valence-corrected chi connectivity index (χ4v) is 2.84. The number of aryl methyl sites for hydroxylation is 2. The Labute approximate surface area is 109 Å². The second kappa shape index (κ2) is 6.07.